The van der Waals surface area contributed by atoms with Crippen molar-refractivity contribution in [3.63, 3.8) is 0 Å². The summed E-state index contributed by atoms with van der Waals surface area (Å²) in [6, 6.07) is 3.71. The molecule has 1 atom stereocenters. The average Bonchev–Trinajstić information content (AvgIpc) is 3.10. The van der Waals surface area contributed by atoms with E-state index in [1.807, 2.05) is 17.0 Å². The maximum absolute atomic E-state index is 12.3. The van der Waals surface area contributed by atoms with E-state index in [2.05, 4.69) is 17.1 Å². The van der Waals surface area contributed by atoms with Crippen molar-refractivity contribution in [3.8, 4) is 5.75 Å². The van der Waals surface area contributed by atoms with Gasteiger partial charge in [-0.25, -0.2) is 0 Å². The normalized spacial score (nSPS) is 22.9. The summed E-state index contributed by atoms with van der Waals surface area (Å²) < 4.78 is 5.87. The van der Waals surface area contributed by atoms with Crippen LogP contribution in [0.25, 0.3) is 0 Å². The fourth-order valence-electron chi connectivity index (χ4n) is 2.71. The van der Waals surface area contributed by atoms with E-state index in [0.717, 1.165) is 31.6 Å². The average molecular weight is 258 g/mol. The highest BCUT2D eigenvalue weighted by molar-refractivity contribution is 5.80. The predicted molar refractivity (Wildman–Crippen MR) is 71.7 cm³/mol. The number of hydrogen-bond acceptors (Lipinski definition) is 3. The van der Waals surface area contributed by atoms with Crippen LogP contribution in [0.15, 0.2) is 36.7 Å². The van der Waals surface area contributed by atoms with Gasteiger partial charge in [0.25, 0.3) is 0 Å². The molecule has 1 amide bonds. The molecule has 0 bridgehead atoms. The quantitative estimate of drug-likeness (QED) is 0.779. The lowest BCUT2D eigenvalue weighted by atomic mass is 10.1. The second-order valence-electron chi connectivity index (χ2n) is 5.14. The molecule has 0 saturated carbocycles. The molecule has 3 rings (SSSR count). The Morgan fingerprint density at radius 2 is 2.00 bits per heavy atom. The number of aromatic nitrogens is 1. The number of carbonyl (C=O) groups excluding carboxylic acids is 1. The summed E-state index contributed by atoms with van der Waals surface area (Å²) in [4.78, 5) is 18.2. The maximum Gasteiger partial charge on any atom is 0.226 e. The van der Waals surface area contributed by atoms with Crippen LogP contribution in [-0.2, 0) is 4.79 Å². The molecule has 0 aromatic carbocycles. The van der Waals surface area contributed by atoms with Crippen molar-refractivity contribution in [2.45, 2.75) is 25.4 Å². The third kappa shape index (κ3) is 2.78. The fraction of sp³-hybridized carbons (Fsp3) is 0.467. The van der Waals surface area contributed by atoms with E-state index in [1.54, 1.807) is 12.4 Å². The Labute approximate surface area is 113 Å². The summed E-state index contributed by atoms with van der Waals surface area (Å²) >= 11 is 0. The van der Waals surface area contributed by atoms with Crippen molar-refractivity contribution in [1.29, 1.82) is 0 Å². The Hall–Kier alpha value is -1.84. The van der Waals surface area contributed by atoms with E-state index < -0.39 is 0 Å². The van der Waals surface area contributed by atoms with E-state index in [4.69, 9.17) is 4.74 Å². The third-order valence-electron chi connectivity index (χ3n) is 3.77. The summed E-state index contributed by atoms with van der Waals surface area (Å²) in [5.74, 6) is 1.28. The Morgan fingerprint density at radius 1 is 1.26 bits per heavy atom. The van der Waals surface area contributed by atoms with Crippen molar-refractivity contribution in [2.75, 3.05) is 13.1 Å². The highest BCUT2D eigenvalue weighted by Crippen LogP contribution is 2.24. The summed E-state index contributed by atoms with van der Waals surface area (Å²) in [7, 11) is 0. The molecule has 0 spiro atoms. The van der Waals surface area contributed by atoms with E-state index in [0.29, 0.717) is 6.54 Å². The van der Waals surface area contributed by atoms with Gasteiger partial charge < -0.3 is 9.64 Å². The highest BCUT2D eigenvalue weighted by Gasteiger charge is 2.31. The van der Waals surface area contributed by atoms with Crippen molar-refractivity contribution in [3.05, 3.63) is 36.7 Å². The van der Waals surface area contributed by atoms with E-state index in [-0.39, 0.29) is 17.9 Å². The molecule has 4 heteroatoms. The van der Waals surface area contributed by atoms with Crippen LogP contribution in [0.3, 0.4) is 0 Å². The van der Waals surface area contributed by atoms with Gasteiger partial charge >= 0.3 is 0 Å². The third-order valence-corrected chi connectivity index (χ3v) is 3.77. The number of likely N-dealkylation sites (tertiary alicyclic amines) is 1. The van der Waals surface area contributed by atoms with Gasteiger partial charge in [-0.15, -0.1) is 0 Å². The zero-order valence-electron chi connectivity index (χ0n) is 10.9. The molecular weight excluding hydrogens is 240 g/mol. The van der Waals surface area contributed by atoms with Gasteiger partial charge in [0.1, 0.15) is 11.9 Å². The molecule has 4 nitrogen and oxygen atoms in total. The van der Waals surface area contributed by atoms with Crippen molar-refractivity contribution < 1.29 is 9.53 Å². The summed E-state index contributed by atoms with van der Waals surface area (Å²) in [5.41, 5.74) is 0. The number of nitrogens with zero attached hydrogens (tertiary/aromatic N) is 2. The molecule has 19 heavy (non-hydrogen) atoms. The molecule has 2 aliphatic rings. The lowest BCUT2D eigenvalue weighted by Crippen LogP contribution is -2.35. The molecule has 1 aliphatic carbocycles. The van der Waals surface area contributed by atoms with Gasteiger partial charge in [-0.05, 0) is 25.0 Å². The summed E-state index contributed by atoms with van der Waals surface area (Å²) in [6.07, 6.45) is 10.5. The zero-order chi connectivity index (χ0) is 13.1. The second kappa shape index (κ2) is 5.43. The lowest BCUT2D eigenvalue weighted by molar-refractivity contribution is -0.134. The molecule has 2 heterocycles. The first-order valence-electron chi connectivity index (χ1n) is 6.83. The van der Waals surface area contributed by atoms with Crippen LogP contribution >= 0.6 is 0 Å². The fourth-order valence-corrected chi connectivity index (χ4v) is 2.71. The van der Waals surface area contributed by atoms with Gasteiger partial charge in [0.15, 0.2) is 0 Å². The standard InChI is InChI=1S/C15H18N2O2/c18-15(12-3-1-2-4-12)17-10-7-14(11-17)19-13-5-8-16-9-6-13/h1-2,5-6,8-9,12,14H,3-4,7,10-11H2/t14-/m1/s1. The first-order chi connectivity index (χ1) is 9.33. The van der Waals surface area contributed by atoms with Gasteiger partial charge in [-0.3, -0.25) is 9.78 Å². The van der Waals surface area contributed by atoms with Gasteiger partial charge in [0.05, 0.1) is 6.54 Å². The first-order valence-corrected chi connectivity index (χ1v) is 6.83. The highest BCUT2D eigenvalue weighted by atomic mass is 16.5. The number of pyridine rings is 1. The van der Waals surface area contributed by atoms with E-state index >= 15 is 0 Å². The van der Waals surface area contributed by atoms with Crippen molar-refractivity contribution >= 4 is 5.91 Å². The van der Waals surface area contributed by atoms with Crippen LogP contribution in [0, 0.1) is 5.92 Å². The summed E-state index contributed by atoms with van der Waals surface area (Å²) in [6.45, 7) is 1.52. The second-order valence-corrected chi connectivity index (χ2v) is 5.14. The van der Waals surface area contributed by atoms with E-state index in [9.17, 15) is 4.79 Å². The Morgan fingerprint density at radius 3 is 2.74 bits per heavy atom. The predicted octanol–water partition coefficient (Wildman–Crippen LogP) is 2.03. The molecule has 1 aromatic heterocycles. The van der Waals surface area contributed by atoms with Crippen LogP contribution in [-0.4, -0.2) is 35.0 Å². The number of ether oxygens (including phenoxy) is 1. The molecule has 1 aliphatic heterocycles. The van der Waals surface area contributed by atoms with Crippen LogP contribution in [0.1, 0.15) is 19.3 Å². The SMILES string of the molecule is O=C(C1CC=CC1)N1CC[C@@H](Oc2ccncc2)C1. The topological polar surface area (TPSA) is 42.4 Å². The molecule has 1 fully saturated rings. The minimum Gasteiger partial charge on any atom is -0.488 e. The molecule has 1 aromatic rings. The minimum atomic E-state index is 0.112. The van der Waals surface area contributed by atoms with Crippen LogP contribution in [0.4, 0.5) is 0 Å². The van der Waals surface area contributed by atoms with Crippen LogP contribution in [0.5, 0.6) is 5.75 Å². The van der Waals surface area contributed by atoms with Crippen molar-refractivity contribution in [2.24, 2.45) is 5.92 Å². The van der Waals surface area contributed by atoms with Crippen molar-refractivity contribution in [1.82, 2.24) is 9.88 Å². The number of carbonyl (C=O) groups is 1. The molecule has 100 valence electrons. The number of hydrogen-bond donors (Lipinski definition) is 0. The monoisotopic (exact) mass is 258 g/mol. The van der Waals surface area contributed by atoms with Crippen LogP contribution < -0.4 is 4.74 Å². The minimum absolute atomic E-state index is 0.112. The number of allylic oxidation sites excluding steroid dienone is 2. The Balaban J connectivity index is 1.54. The van der Waals surface area contributed by atoms with E-state index in [1.165, 1.54) is 0 Å². The van der Waals surface area contributed by atoms with Gasteiger partial charge in [0, 0.05) is 31.3 Å². The number of rotatable bonds is 3. The van der Waals surface area contributed by atoms with Gasteiger partial charge in [-0.2, -0.15) is 0 Å². The van der Waals surface area contributed by atoms with Gasteiger partial charge in [-0.1, -0.05) is 12.2 Å². The maximum atomic E-state index is 12.3. The smallest absolute Gasteiger partial charge is 0.226 e. The first kappa shape index (κ1) is 12.2. The number of amides is 1. The molecule has 0 radical (unpaired) electrons. The van der Waals surface area contributed by atoms with Crippen LogP contribution in [0.2, 0.25) is 0 Å². The lowest BCUT2D eigenvalue weighted by Gasteiger charge is -2.20. The Bertz CT molecular complexity index is 464. The molecular formula is C15H18N2O2. The zero-order valence-corrected chi connectivity index (χ0v) is 10.9. The molecule has 0 N–H and O–H groups in total. The largest absolute Gasteiger partial charge is 0.488 e. The molecule has 0 unspecified atom stereocenters. The Kier molecular flexibility index (Phi) is 3.49. The summed E-state index contributed by atoms with van der Waals surface area (Å²) in [5, 5.41) is 0. The molecule has 1 saturated heterocycles. The van der Waals surface area contributed by atoms with Gasteiger partial charge in [0.2, 0.25) is 5.91 Å².